The van der Waals surface area contributed by atoms with E-state index in [0.717, 1.165) is 55.3 Å². The Morgan fingerprint density at radius 1 is 0.803 bits per heavy atom. The van der Waals surface area contributed by atoms with Gasteiger partial charge in [-0.1, -0.05) is 43.0 Å². The van der Waals surface area contributed by atoms with E-state index in [-0.39, 0.29) is 47.4 Å². The maximum absolute atomic E-state index is 15.1. The molecule has 1 fully saturated rings. The molecule has 3 amide bonds. The van der Waals surface area contributed by atoms with Crippen LogP contribution in [0.5, 0.6) is 0 Å². The first-order chi connectivity index (χ1) is 29.2. The number of hydrogen-bond acceptors (Lipinski definition) is 9. The molecular formula is C41H35BF6N8O5. The minimum Gasteiger partial charge on any atom is -0.423 e. The Morgan fingerprint density at radius 3 is 1.89 bits per heavy atom. The topological polar surface area (TPSA) is 189 Å². The van der Waals surface area contributed by atoms with Gasteiger partial charge in [0, 0.05) is 42.9 Å². The maximum atomic E-state index is 15.1. The van der Waals surface area contributed by atoms with Crippen LogP contribution in [0.2, 0.25) is 0 Å². The van der Waals surface area contributed by atoms with Crippen LogP contribution in [0.1, 0.15) is 50.7 Å². The highest BCUT2D eigenvalue weighted by Gasteiger charge is 2.28. The molecule has 20 heteroatoms. The van der Waals surface area contributed by atoms with Crippen LogP contribution >= 0.6 is 0 Å². The largest absolute Gasteiger partial charge is 0.488 e. The second kappa shape index (κ2) is 18.9. The number of anilines is 1. The Morgan fingerprint density at radius 2 is 1.36 bits per heavy atom. The summed E-state index contributed by atoms with van der Waals surface area (Å²) in [5.74, 6) is -7.52. The molecule has 0 spiro atoms. The van der Waals surface area contributed by atoms with E-state index >= 15 is 4.39 Å². The Balaban J connectivity index is 0.000000240. The smallest absolute Gasteiger partial charge is 0.423 e. The van der Waals surface area contributed by atoms with Gasteiger partial charge >= 0.3 is 7.12 Å². The molecule has 1 aliphatic rings. The third-order valence-corrected chi connectivity index (χ3v) is 9.71. The molecule has 1 saturated heterocycles. The van der Waals surface area contributed by atoms with Crippen molar-refractivity contribution < 1.29 is 50.8 Å². The number of carbonyl (C=O) groups is 3. The highest BCUT2D eigenvalue weighted by molar-refractivity contribution is 6.58. The second-order valence-corrected chi connectivity index (χ2v) is 13.6. The van der Waals surface area contributed by atoms with Gasteiger partial charge in [0.1, 0.15) is 63.9 Å². The maximum Gasteiger partial charge on any atom is 0.488 e. The fourth-order valence-corrected chi connectivity index (χ4v) is 6.60. The molecule has 7 rings (SSSR count). The average Bonchev–Trinajstić information content (AvgIpc) is 3.63. The summed E-state index contributed by atoms with van der Waals surface area (Å²) in [5.41, 5.74) is 5.99. The second-order valence-electron chi connectivity index (χ2n) is 13.6. The molecule has 2 aromatic heterocycles. The van der Waals surface area contributed by atoms with Crippen molar-refractivity contribution in [3.05, 3.63) is 149 Å². The summed E-state index contributed by atoms with van der Waals surface area (Å²) in [6, 6.07) is 13.6. The Hall–Kier alpha value is -7.06. The fraction of sp³-hybridized carbons (Fsp3) is 0.171. The minimum absolute atomic E-state index is 0.0366. The van der Waals surface area contributed by atoms with Crippen LogP contribution in [0.4, 0.5) is 32.2 Å². The summed E-state index contributed by atoms with van der Waals surface area (Å²) in [4.78, 5) is 46.4. The van der Waals surface area contributed by atoms with Crippen molar-refractivity contribution in [1.82, 2.24) is 35.3 Å². The highest BCUT2D eigenvalue weighted by atomic mass is 19.2. The molecule has 0 radical (unpaired) electrons. The molecular weight excluding hydrogens is 809 g/mol. The number of rotatable bonds is 10. The number of likely N-dealkylation sites (tertiary alicyclic amines) is 1. The average molecular weight is 845 g/mol. The van der Waals surface area contributed by atoms with Crippen LogP contribution in [0, 0.1) is 34.9 Å². The summed E-state index contributed by atoms with van der Waals surface area (Å²) in [7, 11) is -1.81. The molecule has 13 nitrogen and oxygen atoms in total. The number of nitrogens with one attached hydrogen (secondary N) is 2. The molecule has 3 heterocycles. The van der Waals surface area contributed by atoms with Crippen molar-refractivity contribution in [2.75, 3.05) is 18.8 Å². The first-order valence-corrected chi connectivity index (χ1v) is 18.5. The van der Waals surface area contributed by atoms with Crippen LogP contribution in [-0.2, 0) is 17.9 Å². The highest BCUT2D eigenvalue weighted by Crippen LogP contribution is 2.34. The number of benzene rings is 4. The number of nitrogens with two attached hydrogens (primary N) is 1. The van der Waals surface area contributed by atoms with Gasteiger partial charge in [-0.15, -0.1) is 0 Å². The van der Waals surface area contributed by atoms with Crippen molar-refractivity contribution >= 4 is 47.2 Å². The number of aromatic nitrogens is 4. The lowest BCUT2D eigenvalue weighted by molar-refractivity contribution is -0.127. The van der Waals surface area contributed by atoms with Crippen molar-refractivity contribution in [3.8, 4) is 11.3 Å². The molecule has 0 bridgehead atoms. The number of carbonyl (C=O) groups excluding carboxylic acids is 3. The number of piperidine rings is 1. The quantitative estimate of drug-likeness (QED) is 0.0753. The van der Waals surface area contributed by atoms with E-state index in [2.05, 4.69) is 27.2 Å². The summed E-state index contributed by atoms with van der Waals surface area (Å²) >= 11 is 0. The van der Waals surface area contributed by atoms with Crippen molar-refractivity contribution in [1.29, 1.82) is 0 Å². The van der Waals surface area contributed by atoms with Crippen molar-refractivity contribution in [2.24, 2.45) is 0 Å². The van der Waals surface area contributed by atoms with Gasteiger partial charge in [0.25, 0.3) is 11.8 Å². The molecule has 6 aromatic rings. The normalized spacial score (nSPS) is 13.6. The number of fused-ring (bicyclic) bond motifs is 1. The van der Waals surface area contributed by atoms with Gasteiger partial charge in [-0.25, -0.2) is 41.0 Å². The number of nitrogens with zero attached hydrogens (tertiary/aromatic N) is 5. The molecule has 4 aromatic carbocycles. The van der Waals surface area contributed by atoms with Gasteiger partial charge in [0.2, 0.25) is 5.91 Å². The zero-order valence-electron chi connectivity index (χ0n) is 31.9. The molecule has 6 N–H and O–H groups in total. The Kier molecular flexibility index (Phi) is 13.5. The third kappa shape index (κ3) is 9.71. The number of nitrogen functional groups attached to an aromatic ring is 1. The summed E-state index contributed by atoms with van der Waals surface area (Å²) < 4.78 is 85.2. The number of halogens is 6. The third-order valence-electron chi connectivity index (χ3n) is 9.71. The SMILES string of the molecule is C=CC(=O)N1CCC[C@@H](n2nc(-c3ccc(CNC(=O)c4c(F)cccc4F)c(F)c3)c3c(N)ncnc32)C1.O=C(NCc1ccc(B(O)O)cc1F)c1c(F)cccc1F. The molecule has 0 aliphatic carbocycles. The molecule has 1 atom stereocenters. The predicted molar refractivity (Wildman–Crippen MR) is 211 cm³/mol. The lowest BCUT2D eigenvalue weighted by Gasteiger charge is -2.32. The standard InChI is InChI=1S/C27H24F3N7O2.C14H11BF3NO3/c1-2-21(38)36-10-4-5-17(13-36)37-26-23(25(31)33-14-34-26)24(35-37)15-8-9-16(20(30)11-15)12-32-27(39)22-18(28)6-3-7-19(22)29;16-10-2-1-3-11(17)13(10)14(20)19-7-8-4-5-9(15(21)22)6-12(8)18/h2-3,6-9,11,14,17H,1,4-5,10,12-13H2,(H,32,39)(H2,31,33,34);1-6,21-22H,7H2,(H,19,20)/t17-;/m1./s1. The number of hydrogen-bond donors (Lipinski definition) is 5. The lowest BCUT2D eigenvalue weighted by Crippen LogP contribution is -2.40. The fourth-order valence-electron chi connectivity index (χ4n) is 6.60. The minimum atomic E-state index is -1.81. The van der Waals surface area contributed by atoms with Gasteiger partial charge in [0.05, 0.1) is 11.4 Å². The van der Waals surface area contributed by atoms with Gasteiger partial charge in [-0.05, 0) is 60.8 Å². The van der Waals surface area contributed by atoms with Crippen molar-refractivity contribution in [3.63, 3.8) is 0 Å². The van der Waals surface area contributed by atoms with Crippen LogP contribution in [0.15, 0.2) is 91.8 Å². The molecule has 1 aliphatic heterocycles. The molecule has 314 valence electrons. The van der Waals surface area contributed by atoms with E-state index in [0.29, 0.717) is 35.4 Å². The van der Waals surface area contributed by atoms with E-state index in [4.69, 9.17) is 20.9 Å². The van der Waals surface area contributed by atoms with Gasteiger partial charge in [-0.2, -0.15) is 5.10 Å². The van der Waals surface area contributed by atoms with E-state index in [9.17, 15) is 36.3 Å². The van der Waals surface area contributed by atoms with E-state index in [1.54, 1.807) is 15.6 Å². The van der Waals surface area contributed by atoms with Crippen LogP contribution in [0.3, 0.4) is 0 Å². The van der Waals surface area contributed by atoms with E-state index < -0.39 is 65.0 Å². The molecule has 0 saturated carbocycles. The first-order valence-electron chi connectivity index (χ1n) is 18.5. The van der Waals surface area contributed by atoms with E-state index in [1.807, 2.05) is 0 Å². The number of amides is 3. The molecule has 0 unspecified atom stereocenters. The van der Waals surface area contributed by atoms with Crippen molar-refractivity contribution in [2.45, 2.75) is 32.0 Å². The first kappa shape index (κ1) is 43.5. The van der Waals surface area contributed by atoms with Crippen LogP contribution in [0.25, 0.3) is 22.3 Å². The van der Waals surface area contributed by atoms with E-state index in [1.165, 1.54) is 36.7 Å². The zero-order chi connectivity index (χ0) is 44.0. The monoisotopic (exact) mass is 844 g/mol. The summed E-state index contributed by atoms with van der Waals surface area (Å²) in [6.45, 7) is 3.97. The Labute approximate surface area is 343 Å². The summed E-state index contributed by atoms with van der Waals surface area (Å²) in [5, 5.41) is 27.5. The van der Waals surface area contributed by atoms with Gasteiger partial charge in [0.15, 0.2) is 5.65 Å². The predicted octanol–water partition coefficient (Wildman–Crippen LogP) is 4.49. The van der Waals surface area contributed by atoms with Gasteiger partial charge < -0.3 is 31.3 Å². The lowest BCUT2D eigenvalue weighted by atomic mass is 9.80. The zero-order valence-corrected chi connectivity index (χ0v) is 31.9. The Bertz CT molecular complexity index is 2610. The molecule has 61 heavy (non-hydrogen) atoms. The van der Waals surface area contributed by atoms with Crippen LogP contribution in [-0.4, -0.2) is 72.6 Å². The van der Waals surface area contributed by atoms with Crippen LogP contribution < -0.4 is 21.8 Å². The van der Waals surface area contributed by atoms with Gasteiger partial charge in [-0.3, -0.25) is 14.4 Å². The summed E-state index contributed by atoms with van der Waals surface area (Å²) in [6.07, 6.45) is 4.10.